The molecular formula is C30H35N3O9. The number of benzene rings is 1. The van der Waals surface area contributed by atoms with Crippen LogP contribution in [-0.2, 0) is 35.1 Å². The molecule has 0 saturated heterocycles. The molecule has 1 amide bonds. The van der Waals surface area contributed by atoms with Crippen molar-refractivity contribution in [2.24, 2.45) is 29.4 Å². The third-order valence-corrected chi connectivity index (χ3v) is 8.55. The van der Waals surface area contributed by atoms with Crippen LogP contribution in [0.1, 0.15) is 47.7 Å². The van der Waals surface area contributed by atoms with Crippen LogP contribution in [0.25, 0.3) is 0 Å². The molecule has 2 unspecified atom stereocenters. The number of aliphatic hydroxyl groups is 1. The summed E-state index contributed by atoms with van der Waals surface area (Å²) in [5.74, 6) is -7.36. The molecule has 42 heavy (non-hydrogen) atoms. The summed E-state index contributed by atoms with van der Waals surface area (Å²) in [5.41, 5.74) is 3.25. The summed E-state index contributed by atoms with van der Waals surface area (Å²) < 4.78 is 5.03. The SMILES string of the molecule is CCCCOC(=O)C#Cc1cc(N(C)C)c2c(c1O)C(=O)C1C(=O)[C@@]3(O)C(=O)C(C(N)=O)C(=O)[C@H](N(C)C)[C@H]3C[C@H]1C2. The maximum Gasteiger partial charge on any atom is 0.384 e. The maximum atomic E-state index is 14.0. The zero-order valence-corrected chi connectivity index (χ0v) is 24.2. The summed E-state index contributed by atoms with van der Waals surface area (Å²) in [6.07, 6.45) is 1.54. The summed E-state index contributed by atoms with van der Waals surface area (Å²) in [7, 11) is 6.49. The average Bonchev–Trinajstić information content (AvgIpc) is 2.89. The van der Waals surface area contributed by atoms with Crippen molar-refractivity contribution in [3.05, 3.63) is 22.8 Å². The summed E-state index contributed by atoms with van der Waals surface area (Å²) in [4.78, 5) is 81.9. The number of Topliss-reactive ketones (excluding diaryl/α,β-unsaturated/α-hetero) is 4. The number of rotatable bonds is 6. The average molecular weight is 582 g/mol. The van der Waals surface area contributed by atoms with Crippen LogP contribution in [0.4, 0.5) is 5.69 Å². The molecule has 12 heteroatoms. The Bertz CT molecular complexity index is 1450. The fourth-order valence-corrected chi connectivity index (χ4v) is 6.61. The molecule has 2 fully saturated rings. The standard InChI is InChI=1S/C30H35N3O9/c1-6-7-10-42-19(34)9-8-14-13-18(32(2)3)16-11-15-12-17-23(33(4)5)26(37)22(29(31)40)28(39)30(17,41)27(38)20(15)25(36)21(16)24(14)35/h13,15,17,20,22-23,35,41H,6-7,10-12H2,1-5H3,(H2,31,40)/t15-,17-,20?,22?,23-,30-/m1/s1. The number of nitrogens with zero attached hydrogens (tertiary/aromatic N) is 2. The van der Waals surface area contributed by atoms with Gasteiger partial charge in [0.25, 0.3) is 0 Å². The normalized spacial score (nSPS) is 28.3. The summed E-state index contributed by atoms with van der Waals surface area (Å²) >= 11 is 0. The van der Waals surface area contributed by atoms with Crippen LogP contribution in [0, 0.1) is 35.5 Å². The van der Waals surface area contributed by atoms with Crippen LogP contribution in [0.3, 0.4) is 0 Å². The minimum atomic E-state index is -2.81. The summed E-state index contributed by atoms with van der Waals surface area (Å²) in [5, 5.41) is 22.9. The van der Waals surface area contributed by atoms with Gasteiger partial charge in [0.1, 0.15) is 5.75 Å². The fourth-order valence-electron chi connectivity index (χ4n) is 6.61. The number of fused-ring (bicyclic) bond motifs is 3. The molecular weight excluding hydrogens is 546 g/mol. The molecule has 0 bridgehead atoms. The molecule has 0 aliphatic heterocycles. The van der Waals surface area contributed by atoms with Gasteiger partial charge in [-0.3, -0.25) is 28.9 Å². The Balaban J connectivity index is 1.83. The van der Waals surface area contributed by atoms with E-state index in [2.05, 4.69) is 11.8 Å². The number of likely N-dealkylation sites (N-methyl/N-ethyl adjacent to an activating group) is 1. The number of nitrogens with two attached hydrogens (primary N) is 1. The third-order valence-electron chi connectivity index (χ3n) is 8.55. The Labute approximate surface area is 243 Å². The number of aromatic hydroxyl groups is 1. The number of anilines is 1. The molecule has 0 heterocycles. The molecule has 2 saturated carbocycles. The number of esters is 1. The molecule has 4 rings (SSSR count). The Morgan fingerprint density at radius 2 is 1.81 bits per heavy atom. The van der Waals surface area contributed by atoms with Crippen molar-refractivity contribution in [3.8, 4) is 17.6 Å². The number of carbonyl (C=O) groups excluding carboxylic acids is 6. The van der Waals surface area contributed by atoms with Gasteiger partial charge in [0.2, 0.25) is 5.91 Å². The van der Waals surface area contributed by atoms with E-state index in [0.717, 1.165) is 6.42 Å². The van der Waals surface area contributed by atoms with Gasteiger partial charge in [-0.15, -0.1) is 0 Å². The highest BCUT2D eigenvalue weighted by Gasteiger charge is 2.69. The van der Waals surface area contributed by atoms with Gasteiger partial charge in [0.15, 0.2) is 34.7 Å². The Morgan fingerprint density at radius 1 is 1.14 bits per heavy atom. The van der Waals surface area contributed by atoms with E-state index in [9.17, 15) is 39.0 Å². The second-order valence-electron chi connectivity index (χ2n) is 11.6. The second kappa shape index (κ2) is 11.3. The van der Waals surface area contributed by atoms with E-state index >= 15 is 0 Å². The quantitative estimate of drug-likeness (QED) is 0.172. The van der Waals surface area contributed by atoms with Gasteiger partial charge >= 0.3 is 5.97 Å². The van der Waals surface area contributed by atoms with Gasteiger partial charge < -0.3 is 25.6 Å². The van der Waals surface area contributed by atoms with E-state index in [0.29, 0.717) is 17.7 Å². The molecule has 224 valence electrons. The molecule has 0 radical (unpaired) electrons. The van der Waals surface area contributed by atoms with E-state index in [-0.39, 0.29) is 30.6 Å². The van der Waals surface area contributed by atoms with Gasteiger partial charge in [0.05, 0.1) is 29.7 Å². The number of carbonyl (C=O) groups is 6. The molecule has 4 N–H and O–H groups in total. The highest BCUT2D eigenvalue weighted by Crippen LogP contribution is 2.52. The van der Waals surface area contributed by atoms with Crippen molar-refractivity contribution in [2.75, 3.05) is 39.7 Å². The lowest BCUT2D eigenvalue weighted by atomic mass is 9.52. The number of hydrogen-bond donors (Lipinski definition) is 3. The lowest BCUT2D eigenvalue weighted by Crippen LogP contribution is -2.74. The topological polar surface area (TPSA) is 185 Å². The number of phenolic OH excluding ortho intramolecular Hbond substituents is 1. The monoisotopic (exact) mass is 581 g/mol. The van der Waals surface area contributed by atoms with Crippen LogP contribution < -0.4 is 10.6 Å². The summed E-state index contributed by atoms with van der Waals surface area (Å²) in [6, 6.07) is 0.353. The first-order valence-corrected chi connectivity index (χ1v) is 13.8. The first kappa shape index (κ1) is 30.9. The number of primary amides is 1. The first-order chi connectivity index (χ1) is 19.7. The van der Waals surface area contributed by atoms with E-state index in [1.54, 1.807) is 19.0 Å². The van der Waals surface area contributed by atoms with E-state index in [1.807, 2.05) is 6.92 Å². The number of phenols is 1. The van der Waals surface area contributed by atoms with Crippen LogP contribution in [0.2, 0.25) is 0 Å². The second-order valence-corrected chi connectivity index (χ2v) is 11.6. The lowest BCUT2D eigenvalue weighted by molar-refractivity contribution is -0.181. The van der Waals surface area contributed by atoms with Gasteiger partial charge in [-0.1, -0.05) is 19.3 Å². The van der Waals surface area contributed by atoms with Crippen LogP contribution in [0.15, 0.2) is 6.07 Å². The predicted molar refractivity (Wildman–Crippen MR) is 148 cm³/mol. The zero-order valence-electron chi connectivity index (χ0n) is 24.2. The minimum Gasteiger partial charge on any atom is -0.506 e. The van der Waals surface area contributed by atoms with Gasteiger partial charge in [-0.25, -0.2) is 4.79 Å². The Morgan fingerprint density at radius 3 is 2.38 bits per heavy atom. The van der Waals surface area contributed by atoms with Gasteiger partial charge in [-0.2, -0.15) is 0 Å². The number of unbranched alkanes of at least 4 members (excludes halogenated alkanes) is 1. The molecule has 0 spiro atoms. The van der Waals surface area contributed by atoms with Crippen LogP contribution in [-0.4, -0.2) is 96.6 Å². The molecule has 0 aromatic heterocycles. The van der Waals surface area contributed by atoms with Gasteiger partial charge in [0, 0.05) is 31.6 Å². The van der Waals surface area contributed by atoms with E-state index in [4.69, 9.17) is 10.5 Å². The summed E-state index contributed by atoms with van der Waals surface area (Å²) in [6.45, 7) is 2.12. The van der Waals surface area contributed by atoms with Crippen molar-refractivity contribution >= 4 is 40.7 Å². The molecule has 3 aliphatic carbocycles. The van der Waals surface area contributed by atoms with E-state index in [1.165, 1.54) is 25.1 Å². The molecule has 3 aliphatic rings. The van der Waals surface area contributed by atoms with Crippen molar-refractivity contribution in [2.45, 2.75) is 44.2 Å². The molecule has 1 aromatic rings. The fraction of sp³-hybridized carbons (Fsp3) is 0.533. The Kier molecular flexibility index (Phi) is 8.31. The van der Waals surface area contributed by atoms with E-state index < -0.39 is 76.1 Å². The number of ketones is 4. The first-order valence-electron chi connectivity index (χ1n) is 13.8. The van der Waals surface area contributed by atoms with Gasteiger partial charge in [-0.05, 0) is 50.9 Å². The largest absolute Gasteiger partial charge is 0.506 e. The zero-order chi connectivity index (χ0) is 31.3. The smallest absolute Gasteiger partial charge is 0.384 e. The molecule has 12 nitrogen and oxygen atoms in total. The van der Waals surface area contributed by atoms with Crippen molar-refractivity contribution < 1.29 is 43.7 Å². The lowest BCUT2D eigenvalue weighted by Gasteiger charge is -2.52. The molecule has 1 aromatic carbocycles. The van der Waals surface area contributed by atoms with Crippen molar-refractivity contribution in [1.29, 1.82) is 0 Å². The highest BCUT2D eigenvalue weighted by molar-refractivity contribution is 6.32. The number of amides is 1. The number of hydrogen-bond acceptors (Lipinski definition) is 11. The Hall–Kier alpha value is -4.08. The maximum absolute atomic E-state index is 14.0. The van der Waals surface area contributed by atoms with Crippen molar-refractivity contribution in [1.82, 2.24) is 4.90 Å². The molecule has 6 atom stereocenters. The van der Waals surface area contributed by atoms with Crippen LogP contribution in [0.5, 0.6) is 5.75 Å². The third kappa shape index (κ3) is 4.76. The predicted octanol–water partition coefficient (Wildman–Crippen LogP) is -0.372. The highest BCUT2D eigenvalue weighted by atomic mass is 16.5. The minimum absolute atomic E-state index is 0.0441. The number of ether oxygens (including phenoxy) is 1. The van der Waals surface area contributed by atoms with Crippen molar-refractivity contribution in [3.63, 3.8) is 0 Å². The van der Waals surface area contributed by atoms with Crippen LogP contribution >= 0.6 is 0 Å².